The number of rotatable bonds is 13. The Morgan fingerprint density at radius 3 is 2.67 bits per heavy atom. The molecule has 0 saturated carbocycles. The third-order valence-corrected chi connectivity index (χ3v) is 11.5. The number of hydrogen-bond donors (Lipinski definition) is 1. The monoisotopic (exact) mass is 607 g/mol. The van der Waals surface area contributed by atoms with Gasteiger partial charge in [0.2, 0.25) is 0 Å². The van der Waals surface area contributed by atoms with Gasteiger partial charge in [0.1, 0.15) is 10.8 Å². The van der Waals surface area contributed by atoms with Crippen LogP contribution in [0.3, 0.4) is 0 Å². The predicted molar refractivity (Wildman–Crippen MR) is 165 cm³/mol. The van der Waals surface area contributed by atoms with Gasteiger partial charge in [0.15, 0.2) is 0 Å². The molecule has 1 fully saturated rings. The van der Waals surface area contributed by atoms with Crippen molar-refractivity contribution in [2.45, 2.75) is 102 Å². The molecule has 222 valence electrons. The molecule has 1 aliphatic heterocycles. The summed E-state index contributed by atoms with van der Waals surface area (Å²) < 4.78 is 21.7. The number of nitrogens with zero attached hydrogens (tertiary/aromatic N) is 4. The highest BCUT2D eigenvalue weighted by Gasteiger charge is 2.50. The Bertz CT molecular complexity index is 1130. The minimum absolute atomic E-state index is 0.0256. The van der Waals surface area contributed by atoms with Gasteiger partial charge in [-0.1, -0.05) is 33.1 Å². The Morgan fingerprint density at radius 2 is 2.02 bits per heavy atom. The topological polar surface area (TPSA) is 97.3 Å². The predicted octanol–water partition coefficient (Wildman–Crippen LogP) is 6.11. The van der Waals surface area contributed by atoms with Crippen molar-refractivity contribution in [1.29, 1.82) is 0 Å². The number of aromatic nitrogens is 3. The lowest BCUT2D eigenvalue weighted by atomic mass is 9.74. The Kier molecular flexibility index (Phi) is 11.0. The van der Waals surface area contributed by atoms with E-state index in [1.54, 1.807) is 17.5 Å². The number of esters is 1. The summed E-state index contributed by atoms with van der Waals surface area (Å²) in [5.74, 6) is 1.84. The summed E-state index contributed by atoms with van der Waals surface area (Å²) in [6.45, 7) is 12.7. The molecule has 11 heteroatoms. The molecule has 2 aliphatic rings. The maximum absolute atomic E-state index is 13.0. The number of nitrogens with one attached hydrogen (secondary N) is 1. The van der Waals surface area contributed by atoms with Gasteiger partial charge in [0, 0.05) is 29.1 Å². The van der Waals surface area contributed by atoms with E-state index in [9.17, 15) is 9.00 Å². The summed E-state index contributed by atoms with van der Waals surface area (Å²) in [6.07, 6.45) is 11.4. The van der Waals surface area contributed by atoms with Crippen LogP contribution in [0.25, 0.3) is 0 Å². The summed E-state index contributed by atoms with van der Waals surface area (Å²) in [6, 6.07) is 0.0676. The van der Waals surface area contributed by atoms with Gasteiger partial charge in [-0.2, -0.15) is 0 Å². The lowest BCUT2D eigenvalue weighted by Crippen LogP contribution is -2.48. The third kappa shape index (κ3) is 7.83. The molecule has 2 aromatic rings. The zero-order valence-corrected chi connectivity index (χ0v) is 27.1. The highest BCUT2D eigenvalue weighted by molar-refractivity contribution is 7.99. The van der Waals surface area contributed by atoms with Crippen molar-refractivity contribution in [2.24, 2.45) is 11.3 Å². The second-order valence-electron chi connectivity index (χ2n) is 12.0. The molecule has 3 heterocycles. The van der Waals surface area contributed by atoms with Gasteiger partial charge in [0.25, 0.3) is 0 Å². The smallest absolute Gasteiger partial charge is 0.306 e. The quantitative estimate of drug-likeness (QED) is 0.215. The normalized spacial score (nSPS) is 19.9. The molecule has 0 bridgehead atoms. The van der Waals surface area contributed by atoms with Crippen LogP contribution in [0.2, 0.25) is 0 Å². The van der Waals surface area contributed by atoms with E-state index < -0.39 is 11.0 Å². The van der Waals surface area contributed by atoms with Crippen LogP contribution >= 0.6 is 23.1 Å². The fraction of sp³-hybridized carbons (Fsp3) is 0.724. The van der Waals surface area contributed by atoms with E-state index in [-0.39, 0.29) is 22.2 Å². The Balaban J connectivity index is 1.25. The first-order valence-electron chi connectivity index (χ1n) is 14.6. The fourth-order valence-electron chi connectivity index (χ4n) is 5.44. The number of fused-ring (bicyclic) bond motifs is 1. The zero-order valence-electron chi connectivity index (χ0n) is 24.6. The standard InChI is InChI=1S/C29H45N5O3S3/c1-6-8-9-21(7-2)19-37-25(35)10-15-38-24-18-30-23(17-31-24)34-13-11-29(12-14-34)16-22-26(39-20-32-22)27(29)33-40(36)28(3,4)5/h17-18,20-21,27,33H,6-16,19H2,1-5H3/t21?,27-,40-/m1/s1. The van der Waals surface area contributed by atoms with Crippen molar-refractivity contribution in [3.8, 4) is 0 Å². The zero-order chi connectivity index (χ0) is 28.8. The van der Waals surface area contributed by atoms with Gasteiger partial charge in [-0.05, 0) is 52.4 Å². The summed E-state index contributed by atoms with van der Waals surface area (Å²) in [4.78, 5) is 29.7. The van der Waals surface area contributed by atoms with Gasteiger partial charge in [-0.3, -0.25) is 4.79 Å². The number of thioether (sulfide) groups is 1. The molecule has 0 radical (unpaired) electrons. The first-order valence-corrected chi connectivity index (χ1v) is 17.6. The first-order chi connectivity index (χ1) is 19.1. The molecule has 0 aromatic carbocycles. The summed E-state index contributed by atoms with van der Waals surface area (Å²) in [7, 11) is -1.14. The molecule has 2 aromatic heterocycles. The van der Waals surface area contributed by atoms with Crippen molar-refractivity contribution in [3.05, 3.63) is 28.5 Å². The number of piperidine rings is 1. The van der Waals surface area contributed by atoms with Crippen LogP contribution in [0.5, 0.6) is 0 Å². The van der Waals surface area contributed by atoms with Gasteiger partial charge in [-0.15, -0.1) is 23.1 Å². The number of hydrogen-bond acceptors (Lipinski definition) is 9. The lowest BCUT2D eigenvalue weighted by Gasteiger charge is -2.44. The van der Waals surface area contributed by atoms with Gasteiger partial charge >= 0.3 is 5.97 Å². The van der Waals surface area contributed by atoms with Crippen LogP contribution in [-0.2, 0) is 26.9 Å². The molecule has 3 atom stereocenters. The van der Waals surface area contributed by atoms with E-state index in [1.165, 1.54) is 29.5 Å². The van der Waals surface area contributed by atoms with Crippen LogP contribution in [0, 0.1) is 11.3 Å². The highest BCUT2D eigenvalue weighted by Crippen LogP contribution is 2.53. The fourth-order valence-corrected chi connectivity index (χ4v) is 8.18. The SMILES string of the molecule is CCCCC(CC)COC(=O)CCSc1cnc(N2CCC3(CC2)Cc2ncsc2[C@H]3N[S@](=O)C(C)(C)C)cn1. The molecular weight excluding hydrogens is 563 g/mol. The van der Waals surface area contributed by atoms with E-state index in [1.807, 2.05) is 32.5 Å². The molecular formula is C29H45N5O3S3. The van der Waals surface area contributed by atoms with E-state index in [0.29, 0.717) is 24.7 Å². The largest absolute Gasteiger partial charge is 0.465 e. The number of unbranched alkanes of at least 4 members (excludes halogenated alkanes) is 1. The first kappa shape index (κ1) is 31.4. The molecule has 0 amide bonds. The van der Waals surface area contributed by atoms with Gasteiger partial charge < -0.3 is 9.64 Å². The van der Waals surface area contributed by atoms with Gasteiger partial charge in [-0.25, -0.2) is 23.9 Å². The molecule has 1 unspecified atom stereocenters. The van der Waals surface area contributed by atoms with Crippen LogP contribution in [0.15, 0.2) is 22.9 Å². The second kappa shape index (κ2) is 14.1. The minimum Gasteiger partial charge on any atom is -0.465 e. The van der Waals surface area contributed by atoms with E-state index in [4.69, 9.17) is 9.72 Å². The van der Waals surface area contributed by atoms with Crippen molar-refractivity contribution >= 4 is 45.9 Å². The number of anilines is 1. The number of ether oxygens (including phenoxy) is 1. The second-order valence-corrected chi connectivity index (χ2v) is 16.0. The molecule has 1 saturated heterocycles. The van der Waals surface area contributed by atoms with Gasteiger partial charge in [0.05, 0.1) is 58.4 Å². The molecule has 8 nitrogen and oxygen atoms in total. The number of carbonyl (C=O) groups excluding carboxylic acids is 1. The van der Waals surface area contributed by atoms with Crippen molar-refractivity contribution in [1.82, 2.24) is 19.7 Å². The summed E-state index contributed by atoms with van der Waals surface area (Å²) >= 11 is 3.22. The van der Waals surface area contributed by atoms with Crippen LogP contribution < -0.4 is 9.62 Å². The summed E-state index contributed by atoms with van der Waals surface area (Å²) in [5.41, 5.74) is 3.10. The van der Waals surface area contributed by atoms with Crippen molar-refractivity contribution < 1.29 is 13.7 Å². The van der Waals surface area contributed by atoms with E-state index in [0.717, 1.165) is 61.7 Å². The molecule has 1 aliphatic carbocycles. The average molecular weight is 608 g/mol. The molecule has 1 spiro atoms. The van der Waals surface area contributed by atoms with Crippen LogP contribution in [0.4, 0.5) is 5.82 Å². The molecule has 1 N–H and O–H groups in total. The highest BCUT2D eigenvalue weighted by atomic mass is 32.2. The average Bonchev–Trinajstić information content (AvgIpc) is 3.49. The Morgan fingerprint density at radius 1 is 1.25 bits per heavy atom. The summed E-state index contributed by atoms with van der Waals surface area (Å²) in [5, 5.41) is 0.819. The Hall–Kier alpha value is -1.56. The third-order valence-electron chi connectivity index (χ3n) is 8.12. The van der Waals surface area contributed by atoms with E-state index in [2.05, 4.69) is 33.4 Å². The minimum atomic E-state index is -1.14. The van der Waals surface area contributed by atoms with Crippen molar-refractivity contribution in [2.75, 3.05) is 30.3 Å². The van der Waals surface area contributed by atoms with Crippen LogP contribution in [-0.4, -0.2) is 55.3 Å². The molecule has 4 rings (SSSR count). The van der Waals surface area contributed by atoms with E-state index >= 15 is 0 Å². The Labute approximate surface area is 250 Å². The van der Waals surface area contributed by atoms with Crippen molar-refractivity contribution in [3.63, 3.8) is 0 Å². The molecule has 40 heavy (non-hydrogen) atoms. The maximum Gasteiger partial charge on any atom is 0.306 e. The number of thiazole rings is 1. The lowest BCUT2D eigenvalue weighted by molar-refractivity contribution is -0.144. The maximum atomic E-state index is 13.0. The van der Waals surface area contributed by atoms with Crippen LogP contribution in [0.1, 0.15) is 96.2 Å². The number of carbonyl (C=O) groups is 1.